The molecule has 0 amide bonds. The number of rotatable bonds is 10. The zero-order chi connectivity index (χ0) is 17.9. The molecular formula is C20H26ClN3O. The molecule has 0 heterocycles. The molecule has 2 rings (SSSR count). The molecule has 2 aromatic rings. The minimum Gasteiger partial charge on any atom is -0.492 e. The third-order valence-electron chi connectivity index (χ3n) is 3.84. The van der Waals surface area contributed by atoms with Crippen molar-refractivity contribution in [1.29, 1.82) is 0 Å². The molecule has 0 aromatic heterocycles. The van der Waals surface area contributed by atoms with Gasteiger partial charge in [0.1, 0.15) is 5.75 Å². The second-order valence-electron chi connectivity index (χ2n) is 6.02. The van der Waals surface area contributed by atoms with Crippen LogP contribution >= 0.6 is 11.6 Å². The van der Waals surface area contributed by atoms with Crippen LogP contribution in [0.3, 0.4) is 0 Å². The number of anilines is 1. The second kappa shape index (κ2) is 10.7. The van der Waals surface area contributed by atoms with Gasteiger partial charge in [0.15, 0.2) is 0 Å². The number of nitrogens with two attached hydrogens (primary N) is 1. The van der Waals surface area contributed by atoms with E-state index in [1.807, 2.05) is 24.3 Å². The number of hydrogen-bond acceptors (Lipinski definition) is 4. The van der Waals surface area contributed by atoms with Gasteiger partial charge in [-0.2, -0.15) is 10.2 Å². The average Bonchev–Trinajstić information content (AvgIpc) is 2.62. The van der Waals surface area contributed by atoms with Gasteiger partial charge in [0, 0.05) is 11.8 Å². The summed E-state index contributed by atoms with van der Waals surface area (Å²) in [7, 11) is 0. The maximum Gasteiger partial charge on any atom is 0.140 e. The number of halogens is 1. The summed E-state index contributed by atoms with van der Waals surface area (Å²) >= 11 is 6.20. The maximum absolute atomic E-state index is 6.20. The predicted molar refractivity (Wildman–Crippen MR) is 105 cm³/mol. The first-order valence-electron chi connectivity index (χ1n) is 8.88. The Labute approximate surface area is 155 Å². The number of unbranched alkanes of at least 4 members (excludes halogenated alkanes) is 5. The smallest absolute Gasteiger partial charge is 0.140 e. The SMILES string of the molecule is CCCCCCCCOc1cc(/N=N/c2ccc(N)cc2)ccc1Cl. The summed E-state index contributed by atoms with van der Waals surface area (Å²) < 4.78 is 5.80. The largest absolute Gasteiger partial charge is 0.492 e. The number of nitrogens with zero attached hydrogens (tertiary/aromatic N) is 2. The van der Waals surface area contributed by atoms with E-state index in [1.54, 1.807) is 18.2 Å². The third-order valence-corrected chi connectivity index (χ3v) is 4.16. The lowest BCUT2D eigenvalue weighted by Crippen LogP contribution is -1.97. The lowest BCUT2D eigenvalue weighted by Gasteiger charge is -2.08. The fourth-order valence-electron chi connectivity index (χ4n) is 2.39. The zero-order valence-electron chi connectivity index (χ0n) is 14.7. The van der Waals surface area contributed by atoms with Gasteiger partial charge in [-0.05, 0) is 42.8 Å². The highest BCUT2D eigenvalue weighted by Crippen LogP contribution is 2.30. The van der Waals surface area contributed by atoms with E-state index in [0.717, 1.165) is 12.1 Å². The predicted octanol–water partition coefficient (Wildman–Crippen LogP) is 7.08. The third kappa shape index (κ3) is 7.14. The van der Waals surface area contributed by atoms with Gasteiger partial charge in [0.05, 0.1) is 23.0 Å². The van der Waals surface area contributed by atoms with Crippen LogP contribution in [0.2, 0.25) is 5.02 Å². The van der Waals surface area contributed by atoms with Crippen LogP contribution in [-0.4, -0.2) is 6.61 Å². The van der Waals surface area contributed by atoms with Gasteiger partial charge < -0.3 is 10.5 Å². The van der Waals surface area contributed by atoms with E-state index in [-0.39, 0.29) is 0 Å². The van der Waals surface area contributed by atoms with Crippen molar-refractivity contribution >= 4 is 28.7 Å². The van der Waals surface area contributed by atoms with Gasteiger partial charge >= 0.3 is 0 Å². The van der Waals surface area contributed by atoms with Gasteiger partial charge in [0.25, 0.3) is 0 Å². The Morgan fingerprint density at radius 1 is 0.880 bits per heavy atom. The summed E-state index contributed by atoms with van der Waals surface area (Å²) in [6.07, 6.45) is 7.38. The van der Waals surface area contributed by atoms with E-state index in [9.17, 15) is 0 Å². The molecule has 2 N–H and O–H groups in total. The zero-order valence-corrected chi connectivity index (χ0v) is 15.5. The van der Waals surface area contributed by atoms with Crippen molar-refractivity contribution in [2.75, 3.05) is 12.3 Å². The molecule has 5 heteroatoms. The summed E-state index contributed by atoms with van der Waals surface area (Å²) in [6, 6.07) is 12.7. The lowest BCUT2D eigenvalue weighted by atomic mass is 10.1. The number of nitrogen functional groups attached to an aromatic ring is 1. The molecule has 0 aliphatic rings. The Kier molecular flexibility index (Phi) is 8.26. The molecule has 4 nitrogen and oxygen atoms in total. The van der Waals surface area contributed by atoms with Crippen molar-refractivity contribution in [2.45, 2.75) is 45.4 Å². The first-order chi connectivity index (χ1) is 12.2. The van der Waals surface area contributed by atoms with Crippen LogP contribution in [0.1, 0.15) is 45.4 Å². The van der Waals surface area contributed by atoms with E-state index >= 15 is 0 Å². The summed E-state index contributed by atoms with van der Waals surface area (Å²) in [5.74, 6) is 0.656. The fourth-order valence-corrected chi connectivity index (χ4v) is 2.56. The van der Waals surface area contributed by atoms with Crippen molar-refractivity contribution in [3.63, 3.8) is 0 Å². The van der Waals surface area contributed by atoms with Crippen LogP contribution in [-0.2, 0) is 0 Å². The first-order valence-corrected chi connectivity index (χ1v) is 9.26. The fraction of sp³-hybridized carbons (Fsp3) is 0.400. The highest BCUT2D eigenvalue weighted by Gasteiger charge is 2.03. The van der Waals surface area contributed by atoms with Gasteiger partial charge in [0.2, 0.25) is 0 Å². The first kappa shape index (κ1) is 19.3. The molecule has 134 valence electrons. The number of benzene rings is 2. The van der Waals surface area contributed by atoms with E-state index < -0.39 is 0 Å². The molecular weight excluding hydrogens is 334 g/mol. The highest BCUT2D eigenvalue weighted by molar-refractivity contribution is 6.32. The molecule has 0 saturated heterocycles. The number of hydrogen-bond donors (Lipinski definition) is 1. The van der Waals surface area contributed by atoms with Crippen molar-refractivity contribution in [2.24, 2.45) is 10.2 Å². The Morgan fingerprint density at radius 2 is 1.52 bits per heavy atom. The van der Waals surface area contributed by atoms with E-state index in [2.05, 4.69) is 17.2 Å². The average molecular weight is 360 g/mol. The van der Waals surface area contributed by atoms with Crippen LogP contribution in [0.25, 0.3) is 0 Å². The van der Waals surface area contributed by atoms with E-state index in [0.29, 0.717) is 28.8 Å². The van der Waals surface area contributed by atoms with Crippen LogP contribution in [0.5, 0.6) is 5.75 Å². The normalized spacial score (nSPS) is 11.1. The van der Waals surface area contributed by atoms with Crippen LogP contribution in [0.15, 0.2) is 52.7 Å². The second-order valence-corrected chi connectivity index (χ2v) is 6.43. The van der Waals surface area contributed by atoms with Crippen molar-refractivity contribution < 1.29 is 4.74 Å². The summed E-state index contributed by atoms with van der Waals surface area (Å²) in [6.45, 7) is 2.90. The van der Waals surface area contributed by atoms with Crippen molar-refractivity contribution in [1.82, 2.24) is 0 Å². The summed E-state index contributed by atoms with van der Waals surface area (Å²) in [5, 5.41) is 9.02. The highest BCUT2D eigenvalue weighted by atomic mass is 35.5. The monoisotopic (exact) mass is 359 g/mol. The molecule has 0 spiro atoms. The van der Waals surface area contributed by atoms with E-state index in [1.165, 1.54) is 32.1 Å². The number of azo groups is 1. The van der Waals surface area contributed by atoms with Crippen molar-refractivity contribution in [3.8, 4) is 5.75 Å². The van der Waals surface area contributed by atoms with Crippen LogP contribution < -0.4 is 10.5 Å². The molecule has 0 aliphatic carbocycles. The quantitative estimate of drug-likeness (QED) is 0.280. The molecule has 0 aliphatic heterocycles. The summed E-state index contributed by atoms with van der Waals surface area (Å²) in [4.78, 5) is 0. The molecule has 0 bridgehead atoms. The molecule has 2 aromatic carbocycles. The number of ether oxygens (including phenoxy) is 1. The molecule has 0 atom stereocenters. The van der Waals surface area contributed by atoms with Crippen LogP contribution in [0, 0.1) is 0 Å². The van der Waals surface area contributed by atoms with Gasteiger partial charge in [-0.15, -0.1) is 0 Å². The standard InChI is InChI=1S/C20H26ClN3O/c1-2-3-4-5-6-7-14-25-20-15-18(12-13-19(20)21)24-23-17-10-8-16(22)9-11-17/h8-13,15H,2-7,14,22H2,1H3/b24-23+. The topological polar surface area (TPSA) is 60.0 Å². The van der Waals surface area contributed by atoms with Gasteiger partial charge in [-0.1, -0.05) is 50.6 Å². The minimum atomic E-state index is 0.595. The van der Waals surface area contributed by atoms with Gasteiger partial charge in [-0.25, -0.2) is 0 Å². The molecule has 25 heavy (non-hydrogen) atoms. The Morgan fingerprint density at radius 3 is 2.28 bits per heavy atom. The maximum atomic E-state index is 6.20. The molecule has 0 unspecified atom stereocenters. The van der Waals surface area contributed by atoms with Crippen molar-refractivity contribution in [3.05, 3.63) is 47.5 Å². The Bertz CT molecular complexity index is 671. The minimum absolute atomic E-state index is 0.595. The van der Waals surface area contributed by atoms with Gasteiger partial charge in [-0.3, -0.25) is 0 Å². The molecule has 0 fully saturated rings. The van der Waals surface area contributed by atoms with E-state index in [4.69, 9.17) is 22.1 Å². The molecule has 0 saturated carbocycles. The molecule has 0 radical (unpaired) electrons. The Hall–Kier alpha value is -2.07. The van der Waals surface area contributed by atoms with Crippen LogP contribution in [0.4, 0.5) is 17.1 Å². The summed E-state index contributed by atoms with van der Waals surface area (Å²) in [5.41, 5.74) is 7.82. The lowest BCUT2D eigenvalue weighted by molar-refractivity contribution is 0.304. The Balaban J connectivity index is 1.85.